The van der Waals surface area contributed by atoms with Gasteiger partial charge >= 0.3 is 0 Å². The van der Waals surface area contributed by atoms with Gasteiger partial charge in [-0.25, -0.2) is 0 Å². The number of nitrogens with one attached hydrogen (secondary N) is 3. The van der Waals surface area contributed by atoms with Gasteiger partial charge in [-0.3, -0.25) is 0 Å². The number of aromatic nitrogens is 4. The molecule has 0 spiro atoms. The van der Waals surface area contributed by atoms with Gasteiger partial charge in [0.2, 0.25) is 11.9 Å². The van der Waals surface area contributed by atoms with Crippen molar-refractivity contribution in [3.63, 3.8) is 0 Å². The summed E-state index contributed by atoms with van der Waals surface area (Å²) in [5.74, 6) is 1.81. The van der Waals surface area contributed by atoms with Crippen LogP contribution < -0.4 is 15.5 Å². The highest BCUT2D eigenvalue weighted by molar-refractivity contribution is 6.30. The molecule has 158 valence electrons. The number of H-pyrrole nitrogens is 1. The van der Waals surface area contributed by atoms with E-state index in [1.807, 2.05) is 48.5 Å². The maximum absolute atomic E-state index is 5.99. The Hall–Kier alpha value is -3.07. The average Bonchev–Trinajstić information content (AvgIpc) is 3.19. The molecule has 0 radical (unpaired) electrons. The number of rotatable bonds is 5. The first kappa shape index (κ1) is 19.9. The lowest BCUT2D eigenvalue weighted by atomic mass is 10.3. The Kier molecular flexibility index (Phi) is 5.50. The molecule has 0 saturated carbocycles. The van der Waals surface area contributed by atoms with Crippen molar-refractivity contribution in [1.29, 1.82) is 0 Å². The van der Waals surface area contributed by atoms with Gasteiger partial charge in [0.25, 0.3) is 0 Å². The van der Waals surface area contributed by atoms with Crippen LogP contribution >= 0.6 is 23.2 Å². The molecule has 1 aliphatic heterocycles. The van der Waals surface area contributed by atoms with Gasteiger partial charge in [0, 0.05) is 34.5 Å². The first-order valence-corrected chi connectivity index (χ1v) is 10.6. The molecular formula is C21H19Cl2N7O. The molecule has 0 bridgehead atoms. The lowest BCUT2D eigenvalue weighted by Gasteiger charge is -2.28. The number of ether oxygens (including phenoxy) is 1. The monoisotopic (exact) mass is 455 g/mol. The molecule has 0 atom stereocenters. The van der Waals surface area contributed by atoms with E-state index in [4.69, 9.17) is 32.9 Å². The first-order valence-electron chi connectivity index (χ1n) is 9.80. The number of hydrogen-bond donors (Lipinski definition) is 3. The summed E-state index contributed by atoms with van der Waals surface area (Å²) in [4.78, 5) is 19.5. The maximum atomic E-state index is 5.99. The number of fused-ring (bicyclic) bond motifs is 1. The molecule has 3 N–H and O–H groups in total. The van der Waals surface area contributed by atoms with E-state index in [9.17, 15) is 0 Å². The standard InChI is InChI=1S/C21H19Cl2N7O/c22-13-1-5-15(6-2-13)24-20-26-17-18(27-20)28-21(25-16-7-3-14(23)4-8-16)29-19(17)30-9-11-31-12-10-30/h1-8H,9-12H2,(H3,24,25,26,27,28,29). The molecule has 2 aromatic carbocycles. The fourth-order valence-corrected chi connectivity index (χ4v) is 3.59. The number of hydrogen-bond acceptors (Lipinski definition) is 7. The second-order valence-corrected chi connectivity index (χ2v) is 7.89. The van der Waals surface area contributed by atoms with Gasteiger partial charge in [0.05, 0.1) is 13.2 Å². The fourth-order valence-electron chi connectivity index (χ4n) is 3.33. The van der Waals surface area contributed by atoms with Crippen LogP contribution in [-0.4, -0.2) is 46.2 Å². The largest absolute Gasteiger partial charge is 0.378 e. The summed E-state index contributed by atoms with van der Waals surface area (Å²) < 4.78 is 5.50. The zero-order valence-corrected chi connectivity index (χ0v) is 17.9. The van der Waals surface area contributed by atoms with Crippen molar-refractivity contribution in [2.45, 2.75) is 0 Å². The third-order valence-electron chi connectivity index (χ3n) is 4.85. The zero-order valence-electron chi connectivity index (χ0n) is 16.4. The van der Waals surface area contributed by atoms with Gasteiger partial charge in [-0.2, -0.15) is 15.0 Å². The molecule has 0 amide bonds. The van der Waals surface area contributed by atoms with Crippen LogP contribution in [0.3, 0.4) is 0 Å². The minimum absolute atomic E-state index is 0.459. The summed E-state index contributed by atoms with van der Waals surface area (Å²) in [5.41, 5.74) is 3.03. The van der Waals surface area contributed by atoms with Crippen LogP contribution in [0.4, 0.5) is 29.1 Å². The van der Waals surface area contributed by atoms with E-state index in [-0.39, 0.29) is 0 Å². The summed E-state index contributed by atoms with van der Waals surface area (Å²) in [5, 5.41) is 7.84. The van der Waals surface area contributed by atoms with E-state index >= 15 is 0 Å². The van der Waals surface area contributed by atoms with E-state index in [2.05, 4.69) is 30.5 Å². The third-order valence-corrected chi connectivity index (χ3v) is 5.35. The number of imidazole rings is 1. The molecular weight excluding hydrogens is 437 g/mol. The molecule has 8 nitrogen and oxygen atoms in total. The third kappa shape index (κ3) is 4.51. The van der Waals surface area contributed by atoms with E-state index in [0.717, 1.165) is 35.8 Å². The van der Waals surface area contributed by atoms with Crippen molar-refractivity contribution in [3.8, 4) is 0 Å². The van der Waals surface area contributed by atoms with Crippen molar-refractivity contribution in [2.24, 2.45) is 0 Å². The molecule has 1 aliphatic rings. The van der Waals surface area contributed by atoms with Crippen molar-refractivity contribution < 1.29 is 4.74 Å². The van der Waals surface area contributed by atoms with Crippen molar-refractivity contribution in [1.82, 2.24) is 19.9 Å². The smallest absolute Gasteiger partial charge is 0.231 e. The maximum Gasteiger partial charge on any atom is 0.231 e. The molecule has 0 aliphatic carbocycles. The molecule has 10 heteroatoms. The number of benzene rings is 2. The van der Waals surface area contributed by atoms with Crippen LogP contribution in [0.5, 0.6) is 0 Å². The van der Waals surface area contributed by atoms with Crippen molar-refractivity contribution in [3.05, 3.63) is 58.6 Å². The summed E-state index contributed by atoms with van der Waals surface area (Å²) in [6.45, 7) is 2.78. The van der Waals surface area contributed by atoms with Gasteiger partial charge in [-0.1, -0.05) is 23.2 Å². The lowest BCUT2D eigenvalue weighted by Crippen LogP contribution is -2.37. The van der Waals surface area contributed by atoms with Crippen LogP contribution in [-0.2, 0) is 4.74 Å². The first-order chi connectivity index (χ1) is 15.1. The quantitative estimate of drug-likeness (QED) is 0.390. The Morgan fingerprint density at radius 2 is 1.42 bits per heavy atom. The topological polar surface area (TPSA) is 91.0 Å². The molecule has 4 aromatic rings. The molecule has 31 heavy (non-hydrogen) atoms. The number of anilines is 5. The molecule has 1 saturated heterocycles. The summed E-state index contributed by atoms with van der Waals surface area (Å²) in [6, 6.07) is 14.8. The van der Waals surface area contributed by atoms with E-state index in [0.29, 0.717) is 40.8 Å². The highest BCUT2D eigenvalue weighted by Crippen LogP contribution is 2.28. The zero-order chi connectivity index (χ0) is 21.2. The van der Waals surface area contributed by atoms with Crippen LogP contribution in [0, 0.1) is 0 Å². The van der Waals surface area contributed by atoms with Gasteiger partial charge < -0.3 is 25.3 Å². The van der Waals surface area contributed by atoms with Crippen LogP contribution in [0.2, 0.25) is 10.0 Å². The Morgan fingerprint density at radius 1 is 0.806 bits per heavy atom. The molecule has 5 rings (SSSR count). The highest BCUT2D eigenvalue weighted by Gasteiger charge is 2.20. The number of nitrogens with zero attached hydrogens (tertiary/aromatic N) is 4. The number of aromatic amines is 1. The summed E-state index contributed by atoms with van der Waals surface area (Å²) in [6.07, 6.45) is 0. The van der Waals surface area contributed by atoms with Crippen molar-refractivity contribution in [2.75, 3.05) is 41.8 Å². The lowest BCUT2D eigenvalue weighted by molar-refractivity contribution is 0.122. The van der Waals surface area contributed by atoms with E-state index < -0.39 is 0 Å². The Morgan fingerprint density at radius 3 is 2.06 bits per heavy atom. The predicted octanol–water partition coefficient (Wildman–Crippen LogP) is 4.98. The van der Waals surface area contributed by atoms with Gasteiger partial charge in [-0.05, 0) is 48.5 Å². The van der Waals surface area contributed by atoms with E-state index in [1.165, 1.54) is 0 Å². The minimum Gasteiger partial charge on any atom is -0.378 e. The summed E-state index contributed by atoms with van der Waals surface area (Å²) in [7, 11) is 0. The number of halogens is 2. The van der Waals surface area contributed by atoms with E-state index in [1.54, 1.807) is 0 Å². The number of morpholine rings is 1. The van der Waals surface area contributed by atoms with Crippen LogP contribution in [0.15, 0.2) is 48.5 Å². The Labute approximate surface area is 188 Å². The molecule has 2 aromatic heterocycles. The molecule has 0 unspecified atom stereocenters. The average molecular weight is 456 g/mol. The second-order valence-electron chi connectivity index (χ2n) is 7.02. The van der Waals surface area contributed by atoms with Crippen LogP contribution in [0.25, 0.3) is 11.2 Å². The van der Waals surface area contributed by atoms with Crippen LogP contribution in [0.1, 0.15) is 0 Å². The molecule has 3 heterocycles. The van der Waals surface area contributed by atoms with Gasteiger partial charge in [0.15, 0.2) is 11.5 Å². The Balaban J connectivity index is 1.52. The van der Waals surface area contributed by atoms with Gasteiger partial charge in [-0.15, -0.1) is 0 Å². The second kappa shape index (κ2) is 8.58. The fraction of sp³-hybridized carbons (Fsp3) is 0.190. The highest BCUT2D eigenvalue weighted by atomic mass is 35.5. The summed E-state index contributed by atoms with van der Waals surface area (Å²) >= 11 is 12.0. The SMILES string of the molecule is Clc1ccc(Nc2nc(N3CCOCC3)c3[nH]c(Nc4ccc(Cl)cc4)nc3n2)cc1. The predicted molar refractivity (Wildman–Crippen MR) is 124 cm³/mol. The van der Waals surface area contributed by atoms with Crippen molar-refractivity contribution >= 4 is 63.5 Å². The Bertz CT molecular complexity index is 1190. The normalized spacial score (nSPS) is 14.1. The minimum atomic E-state index is 0.459. The van der Waals surface area contributed by atoms with Gasteiger partial charge in [0.1, 0.15) is 5.52 Å². The molecule has 1 fully saturated rings.